The molecule has 0 fully saturated rings. The molecule has 0 bridgehead atoms. The van der Waals surface area contributed by atoms with Crippen LogP contribution in [0.25, 0.3) is 10.8 Å². The Kier molecular flexibility index (Phi) is 2.54. The second-order valence-electron chi connectivity index (χ2n) is 5.34. The van der Waals surface area contributed by atoms with E-state index in [4.69, 9.17) is 0 Å². The lowest BCUT2D eigenvalue weighted by molar-refractivity contribution is 0.0991. The third-order valence-corrected chi connectivity index (χ3v) is 4.07. The molecule has 3 heteroatoms. The summed E-state index contributed by atoms with van der Waals surface area (Å²) < 4.78 is 0. The van der Waals surface area contributed by atoms with E-state index < -0.39 is 0 Å². The minimum Gasteiger partial charge on any atom is -0.302 e. The molecule has 1 amide bonds. The summed E-state index contributed by atoms with van der Waals surface area (Å²) in [6.45, 7) is 2.54. The molecule has 21 heavy (non-hydrogen) atoms. The average molecular weight is 274 g/mol. The Morgan fingerprint density at radius 3 is 2.67 bits per heavy atom. The third-order valence-electron chi connectivity index (χ3n) is 4.07. The minimum absolute atomic E-state index is 0.0619. The Labute approximate surface area is 122 Å². The van der Waals surface area contributed by atoms with Gasteiger partial charge in [-0.15, -0.1) is 0 Å². The summed E-state index contributed by atoms with van der Waals surface area (Å²) in [6, 6.07) is 15.9. The van der Waals surface area contributed by atoms with Crippen LogP contribution in [0.1, 0.15) is 21.6 Å². The van der Waals surface area contributed by atoms with Crippen LogP contribution >= 0.6 is 0 Å². The van der Waals surface area contributed by atoms with Crippen LogP contribution in [0.15, 0.2) is 54.7 Å². The molecule has 102 valence electrons. The highest BCUT2D eigenvalue weighted by Gasteiger charge is 2.29. The normalized spacial score (nSPS) is 13.2. The van der Waals surface area contributed by atoms with Crippen molar-refractivity contribution in [1.82, 2.24) is 4.98 Å². The van der Waals surface area contributed by atoms with Crippen molar-refractivity contribution in [1.29, 1.82) is 0 Å². The SMILES string of the molecule is Cc1cccnc1CN1C(=O)c2cccc3cccc1c23. The number of amides is 1. The van der Waals surface area contributed by atoms with Gasteiger partial charge in [-0.2, -0.15) is 0 Å². The minimum atomic E-state index is 0.0619. The fourth-order valence-electron chi connectivity index (χ4n) is 2.97. The van der Waals surface area contributed by atoms with Crippen molar-refractivity contribution in [2.75, 3.05) is 4.90 Å². The Hall–Kier alpha value is -2.68. The molecule has 0 N–H and O–H groups in total. The summed E-state index contributed by atoms with van der Waals surface area (Å²) >= 11 is 0. The molecule has 0 atom stereocenters. The van der Waals surface area contributed by atoms with E-state index in [1.54, 1.807) is 6.20 Å². The predicted molar refractivity (Wildman–Crippen MR) is 83.4 cm³/mol. The van der Waals surface area contributed by atoms with E-state index in [2.05, 4.69) is 4.98 Å². The molecule has 1 aliphatic heterocycles. The van der Waals surface area contributed by atoms with Crippen LogP contribution in [-0.2, 0) is 6.54 Å². The van der Waals surface area contributed by atoms with Crippen LogP contribution in [0.5, 0.6) is 0 Å². The Morgan fingerprint density at radius 2 is 1.86 bits per heavy atom. The zero-order valence-electron chi connectivity index (χ0n) is 11.7. The van der Waals surface area contributed by atoms with E-state index in [0.29, 0.717) is 6.54 Å². The van der Waals surface area contributed by atoms with Crippen molar-refractivity contribution >= 4 is 22.4 Å². The summed E-state index contributed by atoms with van der Waals surface area (Å²) in [7, 11) is 0. The molecule has 0 unspecified atom stereocenters. The zero-order valence-corrected chi connectivity index (χ0v) is 11.7. The molecule has 2 heterocycles. The highest BCUT2D eigenvalue weighted by atomic mass is 16.2. The molecule has 4 rings (SSSR count). The van der Waals surface area contributed by atoms with E-state index in [1.807, 2.05) is 60.4 Å². The van der Waals surface area contributed by atoms with Crippen molar-refractivity contribution < 1.29 is 4.79 Å². The molecule has 0 radical (unpaired) electrons. The van der Waals surface area contributed by atoms with Gasteiger partial charge in [0.25, 0.3) is 5.91 Å². The largest absolute Gasteiger partial charge is 0.302 e. The van der Waals surface area contributed by atoms with Gasteiger partial charge in [-0.05, 0) is 36.1 Å². The van der Waals surface area contributed by atoms with Crippen molar-refractivity contribution in [2.24, 2.45) is 0 Å². The number of rotatable bonds is 2. The molecule has 3 aromatic rings. The number of aromatic nitrogens is 1. The molecule has 1 aliphatic rings. The van der Waals surface area contributed by atoms with Gasteiger partial charge in [0.05, 0.1) is 17.9 Å². The van der Waals surface area contributed by atoms with E-state index >= 15 is 0 Å². The summed E-state index contributed by atoms with van der Waals surface area (Å²) in [4.78, 5) is 18.9. The number of hydrogen-bond acceptors (Lipinski definition) is 2. The lowest BCUT2D eigenvalue weighted by atomic mass is 10.1. The molecule has 1 aromatic heterocycles. The number of nitrogens with zero attached hydrogens (tertiary/aromatic N) is 2. The highest BCUT2D eigenvalue weighted by Crippen LogP contribution is 2.37. The van der Waals surface area contributed by atoms with Gasteiger partial charge in [-0.3, -0.25) is 9.78 Å². The van der Waals surface area contributed by atoms with Gasteiger partial charge in [0.1, 0.15) is 0 Å². The molecule has 2 aromatic carbocycles. The van der Waals surface area contributed by atoms with E-state index in [0.717, 1.165) is 33.3 Å². The van der Waals surface area contributed by atoms with Gasteiger partial charge in [0.15, 0.2) is 0 Å². The number of anilines is 1. The topological polar surface area (TPSA) is 33.2 Å². The van der Waals surface area contributed by atoms with Crippen molar-refractivity contribution in [3.8, 4) is 0 Å². The molecule has 0 saturated heterocycles. The maximum atomic E-state index is 12.7. The lowest BCUT2D eigenvalue weighted by Crippen LogP contribution is -2.26. The highest BCUT2D eigenvalue weighted by molar-refractivity contribution is 6.24. The maximum absolute atomic E-state index is 12.7. The number of carbonyl (C=O) groups is 1. The zero-order chi connectivity index (χ0) is 14.4. The lowest BCUT2D eigenvalue weighted by Gasteiger charge is -2.18. The maximum Gasteiger partial charge on any atom is 0.259 e. The van der Waals surface area contributed by atoms with Crippen LogP contribution in [0.2, 0.25) is 0 Å². The molecule has 0 spiro atoms. The first kappa shape index (κ1) is 12.1. The smallest absolute Gasteiger partial charge is 0.259 e. The average Bonchev–Trinajstić information content (AvgIpc) is 2.78. The standard InChI is InChI=1S/C18H14N2O/c1-12-5-4-10-19-15(12)11-20-16-9-3-7-13-6-2-8-14(17(13)16)18(20)21/h2-10H,11H2,1H3. The van der Waals surface area contributed by atoms with E-state index in [1.165, 1.54) is 0 Å². The number of pyridine rings is 1. The quantitative estimate of drug-likeness (QED) is 0.714. The number of benzene rings is 2. The van der Waals surface area contributed by atoms with Crippen LogP contribution < -0.4 is 4.90 Å². The van der Waals surface area contributed by atoms with Gasteiger partial charge in [0.2, 0.25) is 0 Å². The van der Waals surface area contributed by atoms with Crippen molar-refractivity contribution in [2.45, 2.75) is 13.5 Å². The van der Waals surface area contributed by atoms with E-state index in [9.17, 15) is 4.79 Å². The van der Waals surface area contributed by atoms with Gasteiger partial charge in [0, 0.05) is 17.1 Å². The molecule has 0 saturated carbocycles. The van der Waals surface area contributed by atoms with Crippen LogP contribution in [0.4, 0.5) is 5.69 Å². The Bertz CT molecular complexity index is 865. The van der Waals surface area contributed by atoms with Gasteiger partial charge < -0.3 is 4.90 Å². The first-order chi connectivity index (χ1) is 10.3. The second-order valence-corrected chi connectivity index (χ2v) is 5.34. The third kappa shape index (κ3) is 1.74. The Balaban J connectivity index is 1.85. The van der Waals surface area contributed by atoms with Gasteiger partial charge in [-0.25, -0.2) is 0 Å². The summed E-state index contributed by atoms with van der Waals surface area (Å²) in [5.41, 5.74) is 3.82. The molecular weight excluding hydrogens is 260 g/mol. The number of hydrogen-bond donors (Lipinski definition) is 0. The van der Waals surface area contributed by atoms with Crippen LogP contribution in [-0.4, -0.2) is 10.9 Å². The number of carbonyl (C=O) groups excluding carboxylic acids is 1. The molecular formula is C18H14N2O. The number of aryl methyl sites for hydroxylation is 1. The van der Waals surface area contributed by atoms with Gasteiger partial charge >= 0.3 is 0 Å². The van der Waals surface area contributed by atoms with Gasteiger partial charge in [-0.1, -0.05) is 30.3 Å². The fourth-order valence-corrected chi connectivity index (χ4v) is 2.97. The summed E-state index contributed by atoms with van der Waals surface area (Å²) in [5, 5.41) is 2.16. The fraction of sp³-hybridized carbons (Fsp3) is 0.111. The van der Waals surface area contributed by atoms with Crippen LogP contribution in [0, 0.1) is 6.92 Å². The molecule has 3 nitrogen and oxygen atoms in total. The monoisotopic (exact) mass is 274 g/mol. The van der Waals surface area contributed by atoms with Crippen molar-refractivity contribution in [3.05, 3.63) is 71.5 Å². The van der Waals surface area contributed by atoms with Crippen LogP contribution in [0.3, 0.4) is 0 Å². The predicted octanol–water partition coefficient (Wildman–Crippen LogP) is 3.70. The van der Waals surface area contributed by atoms with E-state index in [-0.39, 0.29) is 5.91 Å². The molecule has 0 aliphatic carbocycles. The first-order valence-electron chi connectivity index (χ1n) is 7.00. The second kappa shape index (κ2) is 4.42. The summed E-state index contributed by atoms with van der Waals surface area (Å²) in [5.74, 6) is 0.0619. The summed E-state index contributed by atoms with van der Waals surface area (Å²) in [6.07, 6.45) is 1.77. The first-order valence-corrected chi connectivity index (χ1v) is 7.00. The van der Waals surface area contributed by atoms with Crippen molar-refractivity contribution in [3.63, 3.8) is 0 Å². The Morgan fingerprint density at radius 1 is 1.05 bits per heavy atom.